The van der Waals surface area contributed by atoms with Gasteiger partial charge in [0.1, 0.15) is 0 Å². The van der Waals surface area contributed by atoms with Crippen molar-refractivity contribution in [2.75, 3.05) is 11.9 Å². The van der Waals surface area contributed by atoms with Gasteiger partial charge in [-0.2, -0.15) is 0 Å². The van der Waals surface area contributed by atoms with Crippen molar-refractivity contribution in [3.63, 3.8) is 0 Å². The second-order valence-electron chi connectivity index (χ2n) is 4.87. The van der Waals surface area contributed by atoms with Crippen molar-refractivity contribution < 1.29 is 0 Å². The number of rotatable bonds is 5. The van der Waals surface area contributed by atoms with E-state index in [9.17, 15) is 0 Å². The normalized spacial score (nSPS) is 12.2. The molecule has 0 aliphatic carbocycles. The highest BCUT2D eigenvalue weighted by atomic mass is 15.2. The molecule has 1 aromatic carbocycles. The number of benzene rings is 1. The van der Waals surface area contributed by atoms with Gasteiger partial charge in [-0.05, 0) is 26.3 Å². The van der Waals surface area contributed by atoms with Crippen LogP contribution in [0.25, 0.3) is 0 Å². The number of imidazole rings is 1. The fraction of sp³-hybridized carbons (Fsp3) is 0.312. The molecule has 2 aromatic rings. The monoisotopic (exact) mass is 255 g/mol. The third-order valence-electron chi connectivity index (χ3n) is 3.23. The first-order valence-corrected chi connectivity index (χ1v) is 6.58. The summed E-state index contributed by atoms with van der Waals surface area (Å²) in [6.07, 6.45) is 3.92. The Morgan fingerprint density at radius 1 is 1.32 bits per heavy atom. The highest BCUT2D eigenvalue weighted by molar-refractivity contribution is 5.34. The third-order valence-corrected chi connectivity index (χ3v) is 3.23. The maximum atomic E-state index is 4.52. The molecule has 0 saturated heterocycles. The zero-order valence-electron chi connectivity index (χ0n) is 11.9. The highest BCUT2D eigenvalue weighted by Crippen LogP contribution is 2.23. The maximum absolute atomic E-state index is 4.52. The zero-order valence-corrected chi connectivity index (χ0v) is 11.9. The van der Waals surface area contributed by atoms with Crippen LogP contribution in [-0.2, 0) is 0 Å². The molecule has 0 fully saturated rings. The van der Waals surface area contributed by atoms with E-state index in [0.29, 0.717) is 0 Å². The Morgan fingerprint density at radius 3 is 2.63 bits per heavy atom. The lowest BCUT2D eigenvalue weighted by atomic mass is 10.1. The number of hydrogen-bond donors (Lipinski definition) is 1. The summed E-state index contributed by atoms with van der Waals surface area (Å²) in [5.74, 6) is 0.894. The van der Waals surface area contributed by atoms with E-state index in [0.717, 1.165) is 18.2 Å². The zero-order chi connectivity index (χ0) is 13.8. The number of aromatic nitrogens is 2. The maximum Gasteiger partial charge on any atom is 0.203 e. The molecule has 1 atom stereocenters. The van der Waals surface area contributed by atoms with Gasteiger partial charge in [-0.15, -0.1) is 6.58 Å². The minimum Gasteiger partial charge on any atom is -0.352 e. The van der Waals surface area contributed by atoms with Crippen molar-refractivity contribution in [2.24, 2.45) is 0 Å². The van der Waals surface area contributed by atoms with Crippen LogP contribution in [0.3, 0.4) is 0 Å². The number of nitrogens with one attached hydrogen (secondary N) is 1. The van der Waals surface area contributed by atoms with Crippen molar-refractivity contribution in [2.45, 2.75) is 26.8 Å². The first-order chi connectivity index (χ1) is 9.11. The molecule has 0 aliphatic rings. The highest BCUT2D eigenvalue weighted by Gasteiger charge is 2.13. The van der Waals surface area contributed by atoms with Crippen LogP contribution in [-0.4, -0.2) is 16.1 Å². The molecule has 0 spiro atoms. The standard InChI is InChI=1S/C16H21N3/c1-5-10-17-16-18-13(3)11-19(16)14(4)15-8-6-12(2)7-9-15/h5-9,11,14H,1,10H2,2-4H3,(H,17,18). The van der Waals surface area contributed by atoms with Crippen LogP contribution in [0.4, 0.5) is 5.95 Å². The molecule has 0 aliphatic heterocycles. The van der Waals surface area contributed by atoms with Gasteiger partial charge < -0.3 is 9.88 Å². The van der Waals surface area contributed by atoms with E-state index in [4.69, 9.17) is 0 Å². The van der Waals surface area contributed by atoms with Crippen LogP contribution >= 0.6 is 0 Å². The Labute approximate surface area is 115 Å². The van der Waals surface area contributed by atoms with Gasteiger partial charge in [-0.3, -0.25) is 0 Å². The number of anilines is 1. The smallest absolute Gasteiger partial charge is 0.203 e. The fourth-order valence-electron chi connectivity index (χ4n) is 2.11. The summed E-state index contributed by atoms with van der Waals surface area (Å²) in [6.45, 7) is 10.7. The average molecular weight is 255 g/mol. The van der Waals surface area contributed by atoms with Crippen LogP contribution in [0.5, 0.6) is 0 Å². The van der Waals surface area contributed by atoms with E-state index in [2.05, 4.69) is 65.8 Å². The second-order valence-corrected chi connectivity index (χ2v) is 4.87. The Kier molecular flexibility index (Phi) is 4.05. The van der Waals surface area contributed by atoms with E-state index in [1.165, 1.54) is 11.1 Å². The minimum absolute atomic E-state index is 0.258. The van der Waals surface area contributed by atoms with Gasteiger partial charge in [0.2, 0.25) is 5.95 Å². The molecule has 0 bridgehead atoms. The molecule has 1 unspecified atom stereocenters. The number of aryl methyl sites for hydroxylation is 2. The van der Waals surface area contributed by atoms with Gasteiger partial charge in [-0.25, -0.2) is 4.98 Å². The summed E-state index contributed by atoms with van der Waals surface area (Å²) >= 11 is 0. The van der Waals surface area contributed by atoms with Gasteiger partial charge in [-0.1, -0.05) is 35.9 Å². The molecule has 3 nitrogen and oxygen atoms in total. The molecular formula is C16H21N3. The lowest BCUT2D eigenvalue weighted by Gasteiger charge is -2.17. The largest absolute Gasteiger partial charge is 0.352 e. The van der Waals surface area contributed by atoms with E-state index in [1.54, 1.807) is 0 Å². The Bertz CT molecular complexity index is 552. The van der Waals surface area contributed by atoms with E-state index >= 15 is 0 Å². The summed E-state index contributed by atoms with van der Waals surface area (Å²) in [5, 5.41) is 3.28. The van der Waals surface area contributed by atoms with Gasteiger partial charge in [0.15, 0.2) is 0 Å². The quantitative estimate of drug-likeness (QED) is 0.825. The molecule has 0 amide bonds. The lowest BCUT2D eigenvalue weighted by Crippen LogP contribution is -2.11. The molecule has 0 saturated carbocycles. The Hall–Kier alpha value is -2.03. The minimum atomic E-state index is 0.258. The summed E-state index contributed by atoms with van der Waals surface area (Å²) in [4.78, 5) is 4.52. The van der Waals surface area contributed by atoms with Crippen LogP contribution in [0.1, 0.15) is 29.8 Å². The molecule has 0 radical (unpaired) electrons. The Balaban J connectivity index is 2.29. The first kappa shape index (κ1) is 13.4. The summed E-state index contributed by atoms with van der Waals surface area (Å²) in [7, 11) is 0. The summed E-state index contributed by atoms with van der Waals surface area (Å²) in [5.41, 5.74) is 3.58. The molecule has 100 valence electrons. The molecule has 1 heterocycles. The third kappa shape index (κ3) is 3.05. The lowest BCUT2D eigenvalue weighted by molar-refractivity contribution is 0.644. The van der Waals surface area contributed by atoms with Crippen LogP contribution in [0.15, 0.2) is 43.1 Å². The van der Waals surface area contributed by atoms with Crippen LogP contribution in [0, 0.1) is 13.8 Å². The Morgan fingerprint density at radius 2 is 2.00 bits per heavy atom. The summed E-state index contributed by atoms with van der Waals surface area (Å²) < 4.78 is 2.17. The SMILES string of the molecule is C=CCNc1nc(C)cn1C(C)c1ccc(C)cc1. The van der Waals surface area contributed by atoms with Gasteiger partial charge >= 0.3 is 0 Å². The average Bonchev–Trinajstić information content (AvgIpc) is 2.77. The number of hydrogen-bond acceptors (Lipinski definition) is 2. The molecule has 1 aromatic heterocycles. The molecule has 1 N–H and O–H groups in total. The van der Waals surface area contributed by atoms with E-state index < -0.39 is 0 Å². The number of nitrogens with zero attached hydrogens (tertiary/aromatic N) is 2. The molecule has 19 heavy (non-hydrogen) atoms. The van der Waals surface area contributed by atoms with Crippen LogP contribution in [0.2, 0.25) is 0 Å². The van der Waals surface area contributed by atoms with E-state index in [-0.39, 0.29) is 6.04 Å². The predicted molar refractivity (Wildman–Crippen MR) is 80.6 cm³/mol. The molecule has 2 rings (SSSR count). The van der Waals surface area contributed by atoms with Crippen molar-refractivity contribution >= 4 is 5.95 Å². The van der Waals surface area contributed by atoms with Crippen molar-refractivity contribution in [3.05, 3.63) is 59.9 Å². The van der Waals surface area contributed by atoms with Crippen molar-refractivity contribution in [1.29, 1.82) is 0 Å². The predicted octanol–water partition coefficient (Wildman–Crippen LogP) is 3.71. The molecular weight excluding hydrogens is 234 g/mol. The first-order valence-electron chi connectivity index (χ1n) is 6.58. The fourth-order valence-corrected chi connectivity index (χ4v) is 2.11. The summed E-state index contributed by atoms with van der Waals surface area (Å²) in [6, 6.07) is 8.90. The topological polar surface area (TPSA) is 29.9 Å². The molecule has 3 heteroatoms. The van der Waals surface area contributed by atoms with Crippen LogP contribution < -0.4 is 5.32 Å². The van der Waals surface area contributed by atoms with Crippen molar-refractivity contribution in [3.8, 4) is 0 Å². The van der Waals surface area contributed by atoms with Gasteiger partial charge in [0, 0.05) is 12.7 Å². The van der Waals surface area contributed by atoms with Crippen molar-refractivity contribution in [1.82, 2.24) is 9.55 Å². The van der Waals surface area contributed by atoms with E-state index in [1.807, 2.05) is 13.0 Å². The van der Waals surface area contributed by atoms with Gasteiger partial charge in [0.05, 0.1) is 11.7 Å². The second kappa shape index (κ2) is 5.74. The van der Waals surface area contributed by atoms with Gasteiger partial charge in [0.25, 0.3) is 0 Å².